The highest BCUT2D eigenvalue weighted by Gasteiger charge is 2.45. The van der Waals surface area contributed by atoms with Gasteiger partial charge in [0.25, 0.3) is 0 Å². The average molecular weight is 431 g/mol. The molecule has 6 nitrogen and oxygen atoms in total. The van der Waals surface area contributed by atoms with Crippen LogP contribution in [-0.2, 0) is 36.3 Å². The molecule has 3 aliphatic rings. The molecule has 1 saturated heterocycles. The molecule has 0 amide bonds. The fourth-order valence-corrected chi connectivity index (χ4v) is 6.63. The van der Waals surface area contributed by atoms with Crippen LogP contribution in [0.15, 0.2) is 12.3 Å². The van der Waals surface area contributed by atoms with Gasteiger partial charge >= 0.3 is 0 Å². The molecule has 30 heavy (non-hydrogen) atoms. The third kappa shape index (κ3) is 3.85. The second kappa shape index (κ2) is 8.01. The van der Waals surface area contributed by atoms with Gasteiger partial charge in [-0.15, -0.1) is 16.4 Å². The van der Waals surface area contributed by atoms with E-state index < -0.39 is 0 Å². The average Bonchev–Trinajstić information content (AvgIpc) is 3.13. The van der Waals surface area contributed by atoms with Gasteiger partial charge in [0.15, 0.2) is 0 Å². The van der Waals surface area contributed by atoms with E-state index in [0.29, 0.717) is 6.04 Å². The van der Waals surface area contributed by atoms with Crippen molar-refractivity contribution in [1.82, 2.24) is 19.9 Å². The van der Waals surface area contributed by atoms with Crippen molar-refractivity contribution in [2.45, 2.75) is 83.5 Å². The fourth-order valence-electron chi connectivity index (χ4n) is 5.45. The Morgan fingerprint density at radius 2 is 2.20 bits per heavy atom. The number of nitrogens with zero attached hydrogens (tertiary/aromatic N) is 4. The van der Waals surface area contributed by atoms with Gasteiger partial charge in [0.1, 0.15) is 0 Å². The van der Waals surface area contributed by atoms with Crippen LogP contribution < -0.4 is 0 Å². The number of aryl methyl sites for hydroxylation is 1. The number of fused-ring (bicyclic) bond motifs is 2. The molecule has 1 N–H and O–H groups in total. The Morgan fingerprint density at radius 3 is 2.93 bits per heavy atom. The molecule has 7 heteroatoms. The molecule has 2 fully saturated rings. The first-order valence-electron chi connectivity index (χ1n) is 11.5. The Labute approximate surface area is 183 Å². The summed E-state index contributed by atoms with van der Waals surface area (Å²) in [6.45, 7) is 8.46. The van der Waals surface area contributed by atoms with E-state index in [1.165, 1.54) is 23.3 Å². The van der Waals surface area contributed by atoms with Crippen LogP contribution >= 0.6 is 11.3 Å². The first kappa shape index (κ1) is 20.6. The molecule has 0 aromatic carbocycles. The van der Waals surface area contributed by atoms with Gasteiger partial charge in [-0.3, -0.25) is 9.58 Å². The highest BCUT2D eigenvalue weighted by Crippen LogP contribution is 2.50. The summed E-state index contributed by atoms with van der Waals surface area (Å²) < 4.78 is 8.46. The predicted molar refractivity (Wildman–Crippen MR) is 118 cm³/mol. The minimum absolute atomic E-state index is 0.0896. The third-order valence-electron chi connectivity index (χ3n) is 7.51. The number of hydrogen-bond donors (Lipinski definition) is 1. The monoisotopic (exact) mass is 430 g/mol. The van der Waals surface area contributed by atoms with Crippen LogP contribution in [0.5, 0.6) is 0 Å². The van der Waals surface area contributed by atoms with E-state index >= 15 is 0 Å². The van der Waals surface area contributed by atoms with E-state index in [4.69, 9.17) is 4.74 Å². The lowest BCUT2D eigenvalue weighted by Gasteiger charge is -2.47. The van der Waals surface area contributed by atoms with Gasteiger partial charge in [-0.2, -0.15) is 0 Å². The van der Waals surface area contributed by atoms with Crippen LogP contribution in [0.2, 0.25) is 0 Å². The van der Waals surface area contributed by atoms with E-state index in [1.807, 2.05) is 16.0 Å². The second-order valence-corrected chi connectivity index (χ2v) is 10.9. The van der Waals surface area contributed by atoms with Crippen molar-refractivity contribution in [3.8, 4) is 0 Å². The Bertz CT molecular complexity index is 890. The lowest BCUT2D eigenvalue weighted by atomic mass is 9.79. The summed E-state index contributed by atoms with van der Waals surface area (Å²) in [7, 11) is 0. The number of ether oxygens (including phenoxy) is 1. The van der Waals surface area contributed by atoms with E-state index in [9.17, 15) is 5.11 Å². The SMILES string of the molecule is CCc1cc2c(s1)CCO[C@@]21CCN(Cc2cn(CC3(CCO)CC3)nn2)[C@@H](C)C1. The molecule has 0 bridgehead atoms. The van der Waals surface area contributed by atoms with E-state index in [1.54, 1.807) is 4.88 Å². The first-order valence-corrected chi connectivity index (χ1v) is 12.4. The van der Waals surface area contributed by atoms with Crippen LogP contribution in [0.25, 0.3) is 0 Å². The molecule has 4 heterocycles. The molecule has 2 aromatic rings. The standard InChI is InChI=1S/C23H34N4O2S/c1-3-19-12-20-21(30-19)4-11-29-23(20)7-9-26(17(2)13-23)14-18-15-27(25-24-18)16-22(5-6-22)8-10-28/h12,15,17,28H,3-11,13-14,16H2,1-2H3/t17-,23+/m0/s1. The Hall–Kier alpha value is -1.28. The fraction of sp³-hybridized carbons (Fsp3) is 0.739. The van der Waals surface area contributed by atoms with Gasteiger partial charge < -0.3 is 9.84 Å². The molecule has 1 spiro atoms. The van der Waals surface area contributed by atoms with Crippen LogP contribution in [0, 0.1) is 5.41 Å². The van der Waals surface area contributed by atoms with Crippen molar-refractivity contribution in [3.05, 3.63) is 33.3 Å². The second-order valence-electron chi connectivity index (χ2n) is 9.65. The number of rotatable bonds is 7. The van der Waals surface area contributed by atoms with Crippen molar-refractivity contribution in [2.75, 3.05) is 19.8 Å². The molecule has 1 aliphatic carbocycles. The summed E-state index contributed by atoms with van der Waals surface area (Å²) in [5.41, 5.74) is 2.70. The molecule has 164 valence electrons. The number of hydrogen-bond acceptors (Lipinski definition) is 6. The van der Waals surface area contributed by atoms with Gasteiger partial charge in [-0.05, 0) is 62.5 Å². The third-order valence-corrected chi connectivity index (χ3v) is 8.85. The largest absolute Gasteiger partial charge is 0.396 e. The first-order chi connectivity index (χ1) is 14.5. The number of likely N-dealkylation sites (tertiary alicyclic amines) is 1. The van der Waals surface area contributed by atoms with Crippen LogP contribution in [0.1, 0.15) is 67.0 Å². The Balaban J connectivity index is 1.24. The van der Waals surface area contributed by atoms with Gasteiger partial charge in [0, 0.05) is 54.7 Å². The van der Waals surface area contributed by atoms with Gasteiger partial charge in [-0.1, -0.05) is 12.1 Å². The maximum absolute atomic E-state index is 9.29. The van der Waals surface area contributed by atoms with E-state index in [-0.39, 0.29) is 17.6 Å². The summed E-state index contributed by atoms with van der Waals surface area (Å²) >= 11 is 1.99. The van der Waals surface area contributed by atoms with E-state index in [2.05, 4.69) is 41.3 Å². The normalized spacial score (nSPS) is 28.0. The minimum atomic E-state index is -0.0896. The highest BCUT2D eigenvalue weighted by molar-refractivity contribution is 7.12. The van der Waals surface area contributed by atoms with Crippen LogP contribution in [0.3, 0.4) is 0 Å². The maximum Gasteiger partial charge on any atom is 0.0969 e. The molecular formula is C23H34N4O2S. The number of aromatic nitrogens is 3. The molecule has 5 rings (SSSR count). The van der Waals surface area contributed by atoms with Crippen molar-refractivity contribution >= 4 is 11.3 Å². The molecule has 0 radical (unpaired) electrons. The van der Waals surface area contributed by atoms with Crippen molar-refractivity contribution < 1.29 is 9.84 Å². The summed E-state index contributed by atoms with van der Waals surface area (Å²) in [5, 5.41) is 18.1. The molecule has 0 unspecified atom stereocenters. The zero-order valence-electron chi connectivity index (χ0n) is 18.3. The van der Waals surface area contributed by atoms with Crippen molar-refractivity contribution in [3.63, 3.8) is 0 Å². The zero-order valence-corrected chi connectivity index (χ0v) is 19.1. The Kier molecular flexibility index (Phi) is 5.50. The smallest absolute Gasteiger partial charge is 0.0969 e. The quantitative estimate of drug-likeness (QED) is 0.728. The summed E-state index contributed by atoms with van der Waals surface area (Å²) in [4.78, 5) is 5.58. The van der Waals surface area contributed by atoms with Gasteiger partial charge in [0.05, 0.1) is 17.9 Å². The number of piperidine rings is 1. The summed E-state index contributed by atoms with van der Waals surface area (Å²) in [6.07, 6.45) is 9.65. The van der Waals surface area contributed by atoms with Crippen LogP contribution in [0.4, 0.5) is 0 Å². The zero-order chi connectivity index (χ0) is 20.8. The lowest BCUT2D eigenvalue weighted by Crippen LogP contribution is -2.50. The van der Waals surface area contributed by atoms with E-state index in [0.717, 1.165) is 64.0 Å². The maximum atomic E-state index is 9.29. The van der Waals surface area contributed by atoms with Crippen LogP contribution in [-0.4, -0.2) is 50.8 Å². The number of thiophene rings is 1. The highest BCUT2D eigenvalue weighted by atomic mass is 32.1. The topological polar surface area (TPSA) is 63.4 Å². The van der Waals surface area contributed by atoms with Crippen molar-refractivity contribution in [1.29, 1.82) is 0 Å². The number of aliphatic hydroxyl groups is 1. The lowest BCUT2D eigenvalue weighted by molar-refractivity contribution is -0.112. The molecule has 2 aromatic heterocycles. The minimum Gasteiger partial charge on any atom is -0.396 e. The summed E-state index contributed by atoms with van der Waals surface area (Å²) in [6, 6.07) is 2.87. The molecule has 2 atom stereocenters. The molecular weight excluding hydrogens is 396 g/mol. The van der Waals surface area contributed by atoms with Gasteiger partial charge in [-0.25, -0.2) is 0 Å². The molecule has 1 saturated carbocycles. The van der Waals surface area contributed by atoms with Crippen molar-refractivity contribution in [2.24, 2.45) is 5.41 Å². The van der Waals surface area contributed by atoms with Gasteiger partial charge in [0.2, 0.25) is 0 Å². The molecule has 2 aliphatic heterocycles. The number of aliphatic hydroxyl groups excluding tert-OH is 1. The predicted octanol–water partition coefficient (Wildman–Crippen LogP) is 3.52. The summed E-state index contributed by atoms with van der Waals surface area (Å²) in [5.74, 6) is 0. The Morgan fingerprint density at radius 1 is 1.33 bits per heavy atom.